The van der Waals surface area contributed by atoms with Crippen LogP contribution in [0.15, 0.2) is 35.9 Å². The Balaban J connectivity index is 1.68. The third-order valence-electron chi connectivity index (χ3n) is 5.57. The fraction of sp³-hybridized carbons (Fsp3) is 0.455. The van der Waals surface area contributed by atoms with Crippen LogP contribution in [0.5, 0.6) is 0 Å². The molecule has 0 saturated carbocycles. The normalized spacial score (nSPS) is 21.0. The van der Waals surface area contributed by atoms with Crippen LogP contribution in [0.1, 0.15) is 55.8 Å². The second-order valence-electron chi connectivity index (χ2n) is 7.69. The second kappa shape index (κ2) is 9.03. The van der Waals surface area contributed by atoms with E-state index in [1.807, 2.05) is 13.0 Å². The summed E-state index contributed by atoms with van der Waals surface area (Å²) in [7, 11) is 0. The Bertz CT molecular complexity index is 861. The summed E-state index contributed by atoms with van der Waals surface area (Å²) in [4.78, 5) is 50.3. The van der Waals surface area contributed by atoms with Crippen LogP contribution in [0.3, 0.4) is 0 Å². The highest BCUT2D eigenvalue weighted by Crippen LogP contribution is 2.40. The predicted molar refractivity (Wildman–Crippen MR) is 107 cm³/mol. The van der Waals surface area contributed by atoms with E-state index in [0.29, 0.717) is 49.9 Å². The molecule has 3 amide bonds. The SMILES string of the molecule is CC1=CC[C@@H]2C(=O)N(c3ccccc3C(=O)NCCCCCC(=O)O)C(=O)[C@H]2C1. The molecule has 0 radical (unpaired) electrons. The largest absolute Gasteiger partial charge is 0.481 e. The number of imide groups is 1. The summed E-state index contributed by atoms with van der Waals surface area (Å²) in [6.07, 6.45) is 5.20. The van der Waals surface area contributed by atoms with Crippen molar-refractivity contribution < 1.29 is 24.3 Å². The summed E-state index contributed by atoms with van der Waals surface area (Å²) in [6.45, 7) is 2.37. The number of carbonyl (C=O) groups excluding carboxylic acids is 3. The molecule has 0 bridgehead atoms. The first kappa shape index (κ1) is 20.8. The topological polar surface area (TPSA) is 104 Å². The molecule has 7 nitrogen and oxygen atoms in total. The number of carboxylic acid groups (broad SMARTS) is 1. The number of benzene rings is 1. The van der Waals surface area contributed by atoms with Gasteiger partial charge in [0, 0.05) is 13.0 Å². The van der Waals surface area contributed by atoms with E-state index in [1.165, 1.54) is 4.90 Å². The minimum atomic E-state index is -0.825. The minimum absolute atomic E-state index is 0.118. The van der Waals surface area contributed by atoms with Crippen molar-refractivity contribution in [3.63, 3.8) is 0 Å². The van der Waals surface area contributed by atoms with Gasteiger partial charge in [-0.15, -0.1) is 0 Å². The third-order valence-corrected chi connectivity index (χ3v) is 5.57. The lowest BCUT2D eigenvalue weighted by Gasteiger charge is -2.19. The molecule has 0 unspecified atom stereocenters. The zero-order chi connectivity index (χ0) is 21.0. The molecule has 2 atom stereocenters. The molecule has 29 heavy (non-hydrogen) atoms. The zero-order valence-electron chi connectivity index (χ0n) is 16.5. The molecule has 154 valence electrons. The fourth-order valence-corrected chi connectivity index (χ4v) is 4.01. The first-order valence-corrected chi connectivity index (χ1v) is 10.0. The van der Waals surface area contributed by atoms with Crippen LogP contribution in [-0.2, 0) is 14.4 Å². The molecule has 1 aromatic carbocycles. The maximum Gasteiger partial charge on any atom is 0.303 e. The van der Waals surface area contributed by atoms with E-state index < -0.39 is 5.97 Å². The summed E-state index contributed by atoms with van der Waals surface area (Å²) in [6, 6.07) is 6.66. The number of carboxylic acids is 1. The number of rotatable bonds is 8. The van der Waals surface area contributed by atoms with Crippen LogP contribution in [0.25, 0.3) is 0 Å². The number of hydrogen-bond donors (Lipinski definition) is 2. The van der Waals surface area contributed by atoms with Crippen molar-refractivity contribution in [3.8, 4) is 0 Å². The average molecular weight is 398 g/mol. The maximum absolute atomic E-state index is 13.0. The van der Waals surface area contributed by atoms with Gasteiger partial charge in [0.05, 0.1) is 23.1 Å². The van der Waals surface area contributed by atoms with Crippen molar-refractivity contribution in [3.05, 3.63) is 41.5 Å². The Morgan fingerprint density at radius 2 is 1.83 bits per heavy atom. The van der Waals surface area contributed by atoms with Crippen molar-refractivity contribution in [1.82, 2.24) is 5.32 Å². The lowest BCUT2D eigenvalue weighted by Crippen LogP contribution is -2.34. The molecule has 0 spiro atoms. The van der Waals surface area contributed by atoms with E-state index in [1.54, 1.807) is 24.3 Å². The van der Waals surface area contributed by atoms with Crippen LogP contribution in [0.2, 0.25) is 0 Å². The van der Waals surface area contributed by atoms with Gasteiger partial charge in [-0.3, -0.25) is 19.2 Å². The van der Waals surface area contributed by atoms with Crippen molar-refractivity contribution in [1.29, 1.82) is 0 Å². The van der Waals surface area contributed by atoms with Crippen LogP contribution < -0.4 is 10.2 Å². The van der Waals surface area contributed by atoms with Gasteiger partial charge in [-0.25, -0.2) is 4.90 Å². The van der Waals surface area contributed by atoms with Crippen molar-refractivity contribution in [2.24, 2.45) is 11.8 Å². The summed E-state index contributed by atoms with van der Waals surface area (Å²) in [5.41, 5.74) is 1.74. The lowest BCUT2D eigenvalue weighted by atomic mass is 9.82. The number of unbranched alkanes of at least 4 members (excludes halogenated alkanes) is 2. The van der Waals surface area contributed by atoms with E-state index in [2.05, 4.69) is 5.32 Å². The Kier molecular flexibility index (Phi) is 6.46. The minimum Gasteiger partial charge on any atom is -0.481 e. The Hall–Kier alpha value is -2.96. The van der Waals surface area contributed by atoms with Crippen LogP contribution >= 0.6 is 0 Å². The van der Waals surface area contributed by atoms with Crippen LogP contribution in [0, 0.1) is 11.8 Å². The van der Waals surface area contributed by atoms with E-state index in [4.69, 9.17) is 5.11 Å². The number of allylic oxidation sites excluding steroid dienone is 2. The van der Waals surface area contributed by atoms with E-state index in [-0.39, 0.29) is 36.0 Å². The van der Waals surface area contributed by atoms with Gasteiger partial charge < -0.3 is 10.4 Å². The molecule has 1 aliphatic heterocycles. The monoisotopic (exact) mass is 398 g/mol. The quantitative estimate of drug-likeness (QED) is 0.398. The number of nitrogens with zero attached hydrogens (tertiary/aromatic N) is 1. The first-order valence-electron chi connectivity index (χ1n) is 10.0. The van der Waals surface area contributed by atoms with E-state index in [9.17, 15) is 19.2 Å². The summed E-state index contributed by atoms with van der Waals surface area (Å²) in [5.74, 6) is -2.34. The van der Waals surface area contributed by atoms with Gasteiger partial charge in [0.25, 0.3) is 5.91 Å². The molecule has 0 aromatic heterocycles. The first-order chi connectivity index (χ1) is 13.9. The fourth-order valence-electron chi connectivity index (χ4n) is 4.01. The van der Waals surface area contributed by atoms with Gasteiger partial charge in [-0.05, 0) is 44.7 Å². The summed E-state index contributed by atoms with van der Waals surface area (Å²) < 4.78 is 0. The van der Waals surface area contributed by atoms with Gasteiger partial charge >= 0.3 is 5.97 Å². The Morgan fingerprint density at radius 3 is 2.59 bits per heavy atom. The van der Waals surface area contributed by atoms with Gasteiger partial charge in [0.2, 0.25) is 11.8 Å². The number of hydrogen-bond acceptors (Lipinski definition) is 4. The van der Waals surface area contributed by atoms with Crippen molar-refractivity contribution >= 4 is 29.4 Å². The number of aliphatic carboxylic acids is 1. The highest BCUT2D eigenvalue weighted by molar-refractivity contribution is 6.24. The summed E-state index contributed by atoms with van der Waals surface area (Å²) in [5, 5.41) is 11.4. The summed E-state index contributed by atoms with van der Waals surface area (Å²) >= 11 is 0. The number of carbonyl (C=O) groups is 4. The number of nitrogens with one attached hydrogen (secondary N) is 1. The standard InChI is InChI=1S/C22H26N2O5/c1-14-10-11-15-17(13-14)22(29)24(21(15)28)18-8-5-4-7-16(18)20(27)23-12-6-2-3-9-19(25)26/h4-5,7-8,10,15,17H,2-3,6,9,11-13H2,1H3,(H,23,27)(H,25,26)/t15-,17-/m0/s1. The maximum atomic E-state index is 13.0. The molecular weight excluding hydrogens is 372 g/mol. The van der Waals surface area contributed by atoms with Crippen molar-refractivity contribution in [2.45, 2.75) is 45.4 Å². The molecule has 7 heteroatoms. The second-order valence-corrected chi connectivity index (χ2v) is 7.69. The van der Waals surface area contributed by atoms with Gasteiger partial charge in [0.1, 0.15) is 0 Å². The molecule has 1 fully saturated rings. The van der Waals surface area contributed by atoms with E-state index >= 15 is 0 Å². The highest BCUT2D eigenvalue weighted by Gasteiger charge is 2.49. The van der Waals surface area contributed by atoms with Gasteiger partial charge in [-0.2, -0.15) is 0 Å². The zero-order valence-corrected chi connectivity index (χ0v) is 16.5. The number of amides is 3. The molecular formula is C22H26N2O5. The molecule has 2 N–H and O–H groups in total. The number of fused-ring (bicyclic) bond motifs is 1. The number of anilines is 1. The van der Waals surface area contributed by atoms with Gasteiger partial charge in [0.15, 0.2) is 0 Å². The van der Waals surface area contributed by atoms with Gasteiger partial charge in [-0.1, -0.05) is 30.2 Å². The average Bonchev–Trinajstić information content (AvgIpc) is 2.94. The number of para-hydroxylation sites is 1. The van der Waals surface area contributed by atoms with Crippen molar-refractivity contribution in [2.75, 3.05) is 11.4 Å². The predicted octanol–water partition coefficient (Wildman–Crippen LogP) is 2.91. The molecule has 1 aromatic rings. The Morgan fingerprint density at radius 1 is 1.10 bits per heavy atom. The molecule has 2 aliphatic rings. The molecule has 1 aliphatic carbocycles. The van der Waals surface area contributed by atoms with Crippen LogP contribution in [0.4, 0.5) is 5.69 Å². The van der Waals surface area contributed by atoms with Crippen LogP contribution in [-0.4, -0.2) is 35.3 Å². The lowest BCUT2D eigenvalue weighted by molar-refractivity contribution is -0.137. The molecule has 1 saturated heterocycles. The highest BCUT2D eigenvalue weighted by atomic mass is 16.4. The molecule has 1 heterocycles. The Labute approximate surface area is 169 Å². The van der Waals surface area contributed by atoms with E-state index in [0.717, 1.165) is 5.57 Å². The molecule has 3 rings (SSSR count). The third kappa shape index (κ3) is 4.55. The smallest absolute Gasteiger partial charge is 0.303 e.